The lowest BCUT2D eigenvalue weighted by molar-refractivity contribution is 0.0479. The molecule has 0 radical (unpaired) electrons. The maximum absolute atomic E-state index is 11.8. The van der Waals surface area contributed by atoms with Gasteiger partial charge in [-0.2, -0.15) is 0 Å². The Morgan fingerprint density at radius 3 is 2.82 bits per heavy atom. The van der Waals surface area contributed by atoms with E-state index in [9.17, 15) is 9.90 Å². The highest BCUT2D eigenvalue weighted by Crippen LogP contribution is 2.05. The van der Waals surface area contributed by atoms with Crippen LogP contribution in [0.15, 0.2) is 10.9 Å². The molecule has 1 rings (SSSR count). The van der Waals surface area contributed by atoms with E-state index in [1.165, 1.54) is 11.3 Å². The first kappa shape index (κ1) is 13.9. The van der Waals surface area contributed by atoms with Crippen LogP contribution in [0.1, 0.15) is 26.5 Å². The van der Waals surface area contributed by atoms with E-state index in [0.29, 0.717) is 19.6 Å². The van der Waals surface area contributed by atoms with Gasteiger partial charge in [0.2, 0.25) is 0 Å². The van der Waals surface area contributed by atoms with Crippen molar-refractivity contribution in [1.82, 2.24) is 15.2 Å². The maximum Gasteiger partial charge on any atom is 0.317 e. The molecule has 0 atom stereocenters. The first-order chi connectivity index (χ1) is 7.92. The minimum absolute atomic E-state index is 0.178. The van der Waals surface area contributed by atoms with Crippen molar-refractivity contribution in [2.24, 2.45) is 0 Å². The number of thiazole rings is 1. The Hall–Kier alpha value is -1.14. The lowest BCUT2D eigenvalue weighted by Gasteiger charge is -2.28. The number of carbonyl (C=O) groups is 1. The van der Waals surface area contributed by atoms with Gasteiger partial charge in [0.15, 0.2) is 0 Å². The Balaban J connectivity index is 2.44. The molecule has 0 aliphatic heterocycles. The average molecular weight is 257 g/mol. The van der Waals surface area contributed by atoms with Gasteiger partial charge in [-0.15, -0.1) is 11.3 Å². The highest BCUT2D eigenvalue weighted by Gasteiger charge is 2.20. The third-order valence-electron chi connectivity index (χ3n) is 2.15. The van der Waals surface area contributed by atoms with E-state index < -0.39 is 5.60 Å². The molecule has 0 aromatic carbocycles. The highest BCUT2D eigenvalue weighted by molar-refractivity contribution is 7.07. The predicted octanol–water partition coefficient (Wildman–Crippen LogP) is 1.45. The van der Waals surface area contributed by atoms with Crippen molar-refractivity contribution in [3.63, 3.8) is 0 Å². The monoisotopic (exact) mass is 257 g/mol. The van der Waals surface area contributed by atoms with Crippen LogP contribution in [-0.2, 0) is 6.54 Å². The van der Waals surface area contributed by atoms with Gasteiger partial charge in [0.1, 0.15) is 0 Å². The second kappa shape index (κ2) is 5.97. The number of likely N-dealkylation sites (N-methyl/N-ethyl adjacent to an activating group) is 1. The molecule has 6 heteroatoms. The van der Waals surface area contributed by atoms with E-state index in [-0.39, 0.29) is 6.03 Å². The van der Waals surface area contributed by atoms with Crippen LogP contribution >= 0.6 is 11.3 Å². The molecule has 0 aliphatic carbocycles. The van der Waals surface area contributed by atoms with Crippen molar-refractivity contribution in [2.75, 3.05) is 13.1 Å². The van der Waals surface area contributed by atoms with Gasteiger partial charge in [-0.1, -0.05) is 0 Å². The summed E-state index contributed by atoms with van der Waals surface area (Å²) < 4.78 is 0. The van der Waals surface area contributed by atoms with Crippen LogP contribution in [0.5, 0.6) is 0 Å². The van der Waals surface area contributed by atoms with Crippen LogP contribution in [0.4, 0.5) is 4.79 Å². The number of nitrogens with one attached hydrogen (secondary N) is 1. The van der Waals surface area contributed by atoms with Gasteiger partial charge in [0.05, 0.1) is 29.9 Å². The van der Waals surface area contributed by atoms with E-state index >= 15 is 0 Å². The Morgan fingerprint density at radius 2 is 2.35 bits per heavy atom. The van der Waals surface area contributed by atoms with Crippen molar-refractivity contribution in [3.05, 3.63) is 16.6 Å². The zero-order valence-corrected chi connectivity index (χ0v) is 11.3. The van der Waals surface area contributed by atoms with E-state index in [4.69, 9.17) is 0 Å². The summed E-state index contributed by atoms with van der Waals surface area (Å²) in [5, 5.41) is 14.4. The zero-order valence-electron chi connectivity index (χ0n) is 10.4. The Labute approximate surface area is 105 Å². The fraction of sp³-hybridized carbons (Fsp3) is 0.636. The SMILES string of the molecule is CCN(CC(C)(C)O)C(=O)NCc1cscn1. The standard InChI is InChI=1S/C11H19N3O2S/c1-4-14(7-11(2,3)16)10(15)12-5-9-6-17-8-13-9/h6,8,16H,4-5,7H2,1-3H3,(H,12,15). The number of rotatable bonds is 5. The van der Waals surface area contributed by atoms with Gasteiger partial charge < -0.3 is 15.3 Å². The molecule has 0 saturated heterocycles. The van der Waals surface area contributed by atoms with Gasteiger partial charge in [0.25, 0.3) is 0 Å². The molecule has 0 saturated carbocycles. The molecule has 1 aromatic heterocycles. The lowest BCUT2D eigenvalue weighted by atomic mass is 10.1. The van der Waals surface area contributed by atoms with Gasteiger partial charge >= 0.3 is 6.03 Å². The zero-order chi connectivity index (χ0) is 12.9. The van der Waals surface area contributed by atoms with Gasteiger partial charge in [-0.25, -0.2) is 9.78 Å². The largest absolute Gasteiger partial charge is 0.389 e. The van der Waals surface area contributed by atoms with E-state index in [2.05, 4.69) is 10.3 Å². The topological polar surface area (TPSA) is 65.5 Å². The fourth-order valence-electron chi connectivity index (χ4n) is 1.40. The fourth-order valence-corrected chi connectivity index (χ4v) is 1.96. The number of hydrogen-bond donors (Lipinski definition) is 2. The molecule has 5 nitrogen and oxygen atoms in total. The van der Waals surface area contributed by atoms with Gasteiger partial charge in [0, 0.05) is 11.9 Å². The Kier molecular flexibility index (Phi) is 4.89. The first-order valence-corrected chi connectivity index (χ1v) is 6.49. The summed E-state index contributed by atoms with van der Waals surface area (Å²) in [7, 11) is 0. The molecule has 96 valence electrons. The number of carbonyl (C=O) groups excluding carboxylic acids is 1. The number of amides is 2. The number of urea groups is 1. The number of nitrogens with zero attached hydrogens (tertiary/aromatic N) is 2. The van der Waals surface area contributed by atoms with E-state index in [1.54, 1.807) is 24.3 Å². The molecule has 17 heavy (non-hydrogen) atoms. The quantitative estimate of drug-likeness (QED) is 0.839. The third kappa shape index (κ3) is 5.14. The summed E-state index contributed by atoms with van der Waals surface area (Å²) in [5.74, 6) is 0. The Bertz CT molecular complexity index is 346. The highest BCUT2D eigenvalue weighted by atomic mass is 32.1. The van der Waals surface area contributed by atoms with Gasteiger partial charge in [-0.3, -0.25) is 0 Å². The molecule has 1 heterocycles. The first-order valence-electron chi connectivity index (χ1n) is 5.54. The van der Waals surface area contributed by atoms with Crippen molar-refractivity contribution in [3.8, 4) is 0 Å². The molecule has 0 spiro atoms. The summed E-state index contributed by atoms with van der Waals surface area (Å²) in [6.07, 6.45) is 0. The number of aliphatic hydroxyl groups is 1. The van der Waals surface area contributed by atoms with E-state index in [0.717, 1.165) is 5.69 Å². The van der Waals surface area contributed by atoms with E-state index in [1.807, 2.05) is 12.3 Å². The van der Waals surface area contributed by atoms with Crippen molar-refractivity contribution < 1.29 is 9.90 Å². The normalized spacial score (nSPS) is 11.3. The molecule has 0 fully saturated rings. The second-order valence-electron chi connectivity index (χ2n) is 4.47. The molecular formula is C11H19N3O2S. The minimum atomic E-state index is -0.881. The molecule has 0 unspecified atom stereocenters. The van der Waals surface area contributed by atoms with Crippen LogP contribution in [-0.4, -0.2) is 39.7 Å². The lowest BCUT2D eigenvalue weighted by Crippen LogP contribution is -2.46. The second-order valence-corrected chi connectivity index (χ2v) is 5.18. The summed E-state index contributed by atoms with van der Waals surface area (Å²) in [6.45, 7) is 6.55. The Morgan fingerprint density at radius 1 is 1.65 bits per heavy atom. The van der Waals surface area contributed by atoms with Gasteiger partial charge in [-0.05, 0) is 20.8 Å². The summed E-state index contributed by atoms with van der Waals surface area (Å²) >= 11 is 1.50. The summed E-state index contributed by atoms with van der Waals surface area (Å²) in [5.41, 5.74) is 1.70. The van der Waals surface area contributed by atoms with Crippen molar-refractivity contribution in [2.45, 2.75) is 32.9 Å². The van der Waals surface area contributed by atoms with Crippen LogP contribution in [0.3, 0.4) is 0 Å². The molecule has 2 N–H and O–H groups in total. The maximum atomic E-state index is 11.8. The summed E-state index contributed by atoms with van der Waals surface area (Å²) in [4.78, 5) is 17.5. The molecule has 0 bridgehead atoms. The van der Waals surface area contributed by atoms with Crippen molar-refractivity contribution >= 4 is 17.4 Å². The van der Waals surface area contributed by atoms with Crippen LogP contribution in [0.2, 0.25) is 0 Å². The molecular weight excluding hydrogens is 238 g/mol. The minimum Gasteiger partial charge on any atom is -0.389 e. The number of aromatic nitrogens is 1. The molecule has 1 aromatic rings. The number of hydrogen-bond acceptors (Lipinski definition) is 4. The van der Waals surface area contributed by atoms with Crippen LogP contribution in [0, 0.1) is 0 Å². The van der Waals surface area contributed by atoms with Crippen molar-refractivity contribution in [1.29, 1.82) is 0 Å². The predicted molar refractivity (Wildman–Crippen MR) is 67.9 cm³/mol. The third-order valence-corrected chi connectivity index (χ3v) is 2.79. The van der Waals surface area contributed by atoms with Crippen LogP contribution in [0.25, 0.3) is 0 Å². The molecule has 0 aliphatic rings. The smallest absolute Gasteiger partial charge is 0.317 e. The summed E-state index contributed by atoms with van der Waals surface area (Å²) in [6, 6.07) is -0.178. The average Bonchev–Trinajstić information content (AvgIpc) is 2.74. The van der Waals surface area contributed by atoms with Crippen LogP contribution < -0.4 is 5.32 Å². The molecule has 2 amide bonds.